The van der Waals surface area contributed by atoms with Crippen LogP contribution in [0.15, 0.2) is 18.2 Å². The van der Waals surface area contributed by atoms with Gasteiger partial charge >= 0.3 is 0 Å². The molecule has 1 aromatic rings. The van der Waals surface area contributed by atoms with Crippen molar-refractivity contribution in [3.8, 4) is 11.5 Å². The first kappa shape index (κ1) is 13.2. The summed E-state index contributed by atoms with van der Waals surface area (Å²) >= 11 is 0. The van der Waals surface area contributed by atoms with Crippen LogP contribution in [0.5, 0.6) is 11.5 Å². The smallest absolute Gasteiger partial charge is 0.231 e. The van der Waals surface area contributed by atoms with Crippen LogP contribution in [0, 0.1) is 5.41 Å². The molecule has 0 aliphatic carbocycles. The standard InChI is InChI=1S/C14H22N2O2/c1-14(2,9-15)5-6-16-8-11-3-4-12-13(7-11)18-10-17-12/h3-4,7,16H,5-6,8-10,15H2,1-2H3. The second-order valence-corrected chi connectivity index (χ2v) is 5.48. The van der Waals surface area contributed by atoms with Crippen molar-refractivity contribution in [3.63, 3.8) is 0 Å². The van der Waals surface area contributed by atoms with Gasteiger partial charge in [-0.1, -0.05) is 19.9 Å². The van der Waals surface area contributed by atoms with Crippen LogP contribution < -0.4 is 20.5 Å². The molecule has 18 heavy (non-hydrogen) atoms. The monoisotopic (exact) mass is 250 g/mol. The average Bonchev–Trinajstić information content (AvgIpc) is 2.82. The van der Waals surface area contributed by atoms with Crippen LogP contribution in [0.1, 0.15) is 25.8 Å². The van der Waals surface area contributed by atoms with Gasteiger partial charge in [0.05, 0.1) is 0 Å². The van der Waals surface area contributed by atoms with Gasteiger partial charge in [-0.2, -0.15) is 0 Å². The molecule has 0 saturated carbocycles. The first-order valence-corrected chi connectivity index (χ1v) is 6.40. The van der Waals surface area contributed by atoms with Crippen LogP contribution >= 0.6 is 0 Å². The van der Waals surface area contributed by atoms with Crippen molar-refractivity contribution in [2.45, 2.75) is 26.8 Å². The minimum absolute atomic E-state index is 0.210. The Morgan fingerprint density at radius 1 is 1.28 bits per heavy atom. The van der Waals surface area contributed by atoms with E-state index in [0.29, 0.717) is 6.79 Å². The zero-order valence-corrected chi connectivity index (χ0v) is 11.2. The van der Waals surface area contributed by atoms with E-state index in [0.717, 1.165) is 37.6 Å². The maximum atomic E-state index is 5.70. The molecule has 2 rings (SSSR count). The van der Waals surface area contributed by atoms with Gasteiger partial charge in [0, 0.05) is 6.54 Å². The molecule has 4 heteroatoms. The highest BCUT2D eigenvalue weighted by molar-refractivity contribution is 5.44. The number of ether oxygens (including phenoxy) is 2. The molecule has 1 aromatic carbocycles. The molecule has 0 spiro atoms. The summed E-state index contributed by atoms with van der Waals surface area (Å²) in [6, 6.07) is 6.06. The third-order valence-electron chi connectivity index (χ3n) is 3.30. The Labute approximate surface area is 108 Å². The molecular weight excluding hydrogens is 228 g/mol. The summed E-state index contributed by atoms with van der Waals surface area (Å²) in [5.41, 5.74) is 7.13. The second-order valence-electron chi connectivity index (χ2n) is 5.48. The van der Waals surface area contributed by atoms with Gasteiger partial charge in [-0.3, -0.25) is 0 Å². The van der Waals surface area contributed by atoms with Gasteiger partial charge < -0.3 is 20.5 Å². The molecule has 0 atom stereocenters. The van der Waals surface area contributed by atoms with Crippen LogP contribution in [-0.4, -0.2) is 19.9 Å². The number of rotatable bonds is 6. The van der Waals surface area contributed by atoms with E-state index in [2.05, 4.69) is 25.2 Å². The molecule has 0 amide bonds. The normalized spacial score (nSPS) is 13.9. The van der Waals surface area contributed by atoms with E-state index in [1.165, 1.54) is 5.56 Å². The number of nitrogens with two attached hydrogens (primary N) is 1. The van der Waals surface area contributed by atoms with Crippen LogP contribution in [0.2, 0.25) is 0 Å². The SMILES string of the molecule is CC(C)(CN)CCNCc1ccc2c(c1)OCO2. The van der Waals surface area contributed by atoms with Crippen molar-refractivity contribution in [1.82, 2.24) is 5.32 Å². The van der Waals surface area contributed by atoms with Gasteiger partial charge in [0.15, 0.2) is 11.5 Å². The van der Waals surface area contributed by atoms with Gasteiger partial charge in [-0.15, -0.1) is 0 Å². The lowest BCUT2D eigenvalue weighted by Crippen LogP contribution is -2.28. The minimum atomic E-state index is 0.210. The molecule has 1 heterocycles. The quantitative estimate of drug-likeness (QED) is 0.757. The van der Waals surface area contributed by atoms with Crippen LogP contribution in [-0.2, 0) is 6.54 Å². The molecule has 0 unspecified atom stereocenters. The van der Waals surface area contributed by atoms with Gasteiger partial charge in [-0.25, -0.2) is 0 Å². The third kappa shape index (κ3) is 3.37. The summed E-state index contributed by atoms with van der Waals surface area (Å²) in [5.74, 6) is 1.68. The van der Waals surface area contributed by atoms with Crippen molar-refractivity contribution in [2.75, 3.05) is 19.9 Å². The first-order chi connectivity index (χ1) is 8.61. The fourth-order valence-corrected chi connectivity index (χ4v) is 1.81. The maximum absolute atomic E-state index is 5.70. The number of nitrogens with one attached hydrogen (secondary N) is 1. The molecule has 1 aliphatic heterocycles. The summed E-state index contributed by atoms with van der Waals surface area (Å²) < 4.78 is 10.6. The zero-order valence-electron chi connectivity index (χ0n) is 11.2. The highest BCUT2D eigenvalue weighted by Gasteiger charge is 2.15. The van der Waals surface area contributed by atoms with Crippen LogP contribution in [0.3, 0.4) is 0 Å². The molecular formula is C14H22N2O2. The predicted molar refractivity (Wildman–Crippen MR) is 71.7 cm³/mol. The molecule has 4 nitrogen and oxygen atoms in total. The number of hydrogen-bond donors (Lipinski definition) is 2. The number of fused-ring (bicyclic) bond motifs is 1. The van der Waals surface area contributed by atoms with E-state index in [1.807, 2.05) is 12.1 Å². The lowest BCUT2D eigenvalue weighted by molar-refractivity contribution is 0.174. The van der Waals surface area contributed by atoms with E-state index in [-0.39, 0.29) is 5.41 Å². The van der Waals surface area contributed by atoms with Crippen molar-refractivity contribution < 1.29 is 9.47 Å². The van der Waals surface area contributed by atoms with E-state index in [9.17, 15) is 0 Å². The highest BCUT2D eigenvalue weighted by Crippen LogP contribution is 2.32. The van der Waals surface area contributed by atoms with Crippen molar-refractivity contribution in [2.24, 2.45) is 11.1 Å². The van der Waals surface area contributed by atoms with E-state index < -0.39 is 0 Å². The predicted octanol–water partition coefficient (Wildman–Crippen LogP) is 1.88. The molecule has 3 N–H and O–H groups in total. The van der Waals surface area contributed by atoms with E-state index in [1.54, 1.807) is 0 Å². The Bertz CT molecular complexity index is 405. The van der Waals surface area contributed by atoms with Gasteiger partial charge in [0.2, 0.25) is 6.79 Å². The molecule has 0 aromatic heterocycles. The molecule has 0 bridgehead atoms. The van der Waals surface area contributed by atoms with Crippen molar-refractivity contribution in [1.29, 1.82) is 0 Å². The lowest BCUT2D eigenvalue weighted by atomic mass is 9.90. The van der Waals surface area contributed by atoms with Gasteiger partial charge in [0.1, 0.15) is 0 Å². The first-order valence-electron chi connectivity index (χ1n) is 6.40. The van der Waals surface area contributed by atoms with Gasteiger partial charge in [0.25, 0.3) is 0 Å². The van der Waals surface area contributed by atoms with E-state index >= 15 is 0 Å². The lowest BCUT2D eigenvalue weighted by Gasteiger charge is -2.22. The largest absolute Gasteiger partial charge is 0.454 e. The third-order valence-corrected chi connectivity index (χ3v) is 3.30. The Kier molecular flexibility index (Phi) is 4.09. The second kappa shape index (κ2) is 5.59. The average molecular weight is 250 g/mol. The maximum Gasteiger partial charge on any atom is 0.231 e. The van der Waals surface area contributed by atoms with Crippen molar-refractivity contribution in [3.05, 3.63) is 23.8 Å². The molecule has 1 aliphatic rings. The van der Waals surface area contributed by atoms with Crippen molar-refractivity contribution >= 4 is 0 Å². The summed E-state index contributed by atoms with van der Waals surface area (Å²) in [5, 5.41) is 3.43. The Morgan fingerprint density at radius 2 is 2.06 bits per heavy atom. The summed E-state index contributed by atoms with van der Waals surface area (Å²) in [6.45, 7) is 7.25. The van der Waals surface area contributed by atoms with Crippen LogP contribution in [0.4, 0.5) is 0 Å². The summed E-state index contributed by atoms with van der Waals surface area (Å²) in [6.07, 6.45) is 1.08. The Morgan fingerprint density at radius 3 is 2.83 bits per heavy atom. The molecule has 100 valence electrons. The highest BCUT2D eigenvalue weighted by atomic mass is 16.7. The Hall–Kier alpha value is -1.26. The molecule has 0 saturated heterocycles. The van der Waals surface area contributed by atoms with Gasteiger partial charge in [-0.05, 0) is 42.6 Å². The minimum Gasteiger partial charge on any atom is -0.454 e. The number of benzene rings is 1. The molecule has 0 radical (unpaired) electrons. The topological polar surface area (TPSA) is 56.5 Å². The fraction of sp³-hybridized carbons (Fsp3) is 0.571. The zero-order chi connectivity index (χ0) is 13.0. The summed E-state index contributed by atoms with van der Waals surface area (Å²) in [4.78, 5) is 0. The summed E-state index contributed by atoms with van der Waals surface area (Å²) in [7, 11) is 0. The molecule has 0 fully saturated rings. The van der Waals surface area contributed by atoms with Crippen LogP contribution in [0.25, 0.3) is 0 Å². The number of hydrogen-bond acceptors (Lipinski definition) is 4. The van der Waals surface area contributed by atoms with E-state index in [4.69, 9.17) is 15.2 Å². The fourth-order valence-electron chi connectivity index (χ4n) is 1.81. The Balaban J connectivity index is 1.77.